The van der Waals surface area contributed by atoms with Gasteiger partial charge in [-0.1, -0.05) is 0 Å². The van der Waals surface area contributed by atoms with Crippen LogP contribution in [-0.4, -0.2) is 67.0 Å². The Morgan fingerprint density at radius 3 is 2.64 bits per heavy atom. The van der Waals surface area contributed by atoms with Crippen LogP contribution in [0.25, 0.3) is 38.9 Å². The number of aromatic nitrogens is 5. The molecule has 1 saturated heterocycles. The molecule has 0 spiro atoms. The number of likely N-dealkylation sites (tertiary alicyclic amines) is 1. The molecule has 1 aliphatic rings. The molecule has 0 radical (unpaired) electrons. The van der Waals surface area contributed by atoms with E-state index in [1.165, 1.54) is 6.21 Å². The Bertz CT molecular complexity index is 1660. The number of aryl methyl sites for hydroxylation is 1. The summed E-state index contributed by atoms with van der Waals surface area (Å²) in [7, 11) is 3.50. The van der Waals surface area contributed by atoms with Gasteiger partial charge in [0.25, 0.3) is 0 Å². The van der Waals surface area contributed by atoms with E-state index in [4.69, 9.17) is 15.1 Å². The Kier molecular flexibility index (Phi) is 6.67. The largest absolute Gasteiger partial charge is 0.444 e. The monoisotopic (exact) mass is 528 g/mol. The zero-order chi connectivity index (χ0) is 27.9. The molecule has 202 valence electrons. The predicted octanol–water partition coefficient (Wildman–Crippen LogP) is 3.74. The summed E-state index contributed by atoms with van der Waals surface area (Å²) in [6.07, 6.45) is 6.63. The summed E-state index contributed by atoms with van der Waals surface area (Å²) < 4.78 is 8.88. The standard InChI is InChI=1S/C28H32N8O3/c1-28(2,3)39-27(38)35-11-10-19(16-35)36-25-23(34(5)26(36)37)15-32-22-9-8-21(33-24(22)25)17-6-7-20(31-14-17)18(12-29)13-30-4/h6-9,12-15,19,29-30H,10-11,16H2,1-5H3/b18-13+,29-12?. The van der Waals surface area contributed by atoms with Gasteiger partial charge in [0.1, 0.15) is 11.1 Å². The van der Waals surface area contributed by atoms with E-state index in [9.17, 15) is 9.59 Å². The number of carbonyl (C=O) groups excluding carboxylic acids is 1. The fourth-order valence-corrected chi connectivity index (χ4v) is 4.89. The van der Waals surface area contributed by atoms with Gasteiger partial charge in [-0.2, -0.15) is 0 Å². The van der Waals surface area contributed by atoms with Gasteiger partial charge in [0, 0.05) is 56.9 Å². The van der Waals surface area contributed by atoms with Crippen molar-refractivity contribution in [2.24, 2.45) is 7.05 Å². The van der Waals surface area contributed by atoms with Crippen LogP contribution < -0.4 is 11.0 Å². The molecule has 1 amide bonds. The van der Waals surface area contributed by atoms with Crippen molar-refractivity contribution < 1.29 is 9.53 Å². The van der Waals surface area contributed by atoms with E-state index in [0.29, 0.717) is 58.5 Å². The van der Waals surface area contributed by atoms with E-state index in [1.54, 1.807) is 46.7 Å². The molecular weight excluding hydrogens is 496 g/mol. The molecule has 2 N–H and O–H groups in total. The first kappa shape index (κ1) is 26.1. The SMILES string of the molecule is CN/C=C(\C=N)c1ccc(-c2ccc3ncc4c(c3n2)n(C2CCN(C(=O)OC(C)(C)C)C2)c(=O)n4C)cn1. The lowest BCUT2D eigenvalue weighted by molar-refractivity contribution is 0.0289. The molecular formula is C28H32N8O3. The molecule has 4 aromatic heterocycles. The molecule has 5 heterocycles. The van der Waals surface area contributed by atoms with Gasteiger partial charge < -0.3 is 20.4 Å². The summed E-state index contributed by atoms with van der Waals surface area (Å²) in [5.74, 6) is 0. The van der Waals surface area contributed by atoms with E-state index >= 15 is 0 Å². The predicted molar refractivity (Wildman–Crippen MR) is 151 cm³/mol. The minimum Gasteiger partial charge on any atom is -0.444 e. The summed E-state index contributed by atoms with van der Waals surface area (Å²) >= 11 is 0. The van der Waals surface area contributed by atoms with Crippen molar-refractivity contribution in [3.05, 3.63) is 59.0 Å². The highest BCUT2D eigenvalue weighted by Gasteiger charge is 2.33. The summed E-state index contributed by atoms with van der Waals surface area (Å²) in [4.78, 5) is 41.8. The van der Waals surface area contributed by atoms with Gasteiger partial charge in [0.15, 0.2) is 0 Å². The van der Waals surface area contributed by atoms with E-state index in [1.807, 2.05) is 45.0 Å². The van der Waals surface area contributed by atoms with Crippen LogP contribution in [0.3, 0.4) is 0 Å². The molecule has 0 aromatic carbocycles. The molecule has 1 fully saturated rings. The molecule has 0 bridgehead atoms. The fraction of sp³-hybridized carbons (Fsp3) is 0.357. The zero-order valence-electron chi connectivity index (χ0n) is 22.7. The lowest BCUT2D eigenvalue weighted by Crippen LogP contribution is -2.36. The molecule has 4 aromatic rings. The second-order valence-corrected chi connectivity index (χ2v) is 10.6. The molecule has 0 aliphatic carbocycles. The smallest absolute Gasteiger partial charge is 0.410 e. The number of hydrogen-bond acceptors (Lipinski definition) is 8. The molecule has 1 atom stereocenters. The van der Waals surface area contributed by atoms with E-state index in [-0.39, 0.29) is 17.8 Å². The maximum Gasteiger partial charge on any atom is 0.410 e. The first-order chi connectivity index (χ1) is 18.6. The Balaban J connectivity index is 1.57. The lowest BCUT2D eigenvalue weighted by atomic mass is 10.1. The van der Waals surface area contributed by atoms with Gasteiger partial charge in [-0.15, -0.1) is 0 Å². The quantitative estimate of drug-likeness (QED) is 0.377. The number of nitrogens with one attached hydrogen (secondary N) is 2. The van der Waals surface area contributed by atoms with Crippen molar-refractivity contribution in [1.29, 1.82) is 5.41 Å². The number of pyridine rings is 3. The number of hydrogen-bond donors (Lipinski definition) is 2. The molecule has 11 heteroatoms. The van der Waals surface area contributed by atoms with Crippen LogP contribution in [0.5, 0.6) is 0 Å². The zero-order valence-corrected chi connectivity index (χ0v) is 22.7. The fourth-order valence-electron chi connectivity index (χ4n) is 4.89. The van der Waals surface area contributed by atoms with Crippen LogP contribution in [-0.2, 0) is 11.8 Å². The lowest BCUT2D eigenvalue weighted by Gasteiger charge is -2.24. The minimum absolute atomic E-state index is 0.177. The van der Waals surface area contributed by atoms with E-state index < -0.39 is 5.60 Å². The Morgan fingerprint density at radius 1 is 1.18 bits per heavy atom. The molecule has 5 rings (SSSR count). The normalized spacial score (nSPS) is 16.2. The summed E-state index contributed by atoms with van der Waals surface area (Å²) in [5.41, 5.74) is 4.69. The Labute approximate surface area is 225 Å². The van der Waals surface area contributed by atoms with Crippen LogP contribution >= 0.6 is 0 Å². The van der Waals surface area contributed by atoms with Gasteiger partial charge in [-0.05, 0) is 51.5 Å². The van der Waals surface area contributed by atoms with Gasteiger partial charge in [0.05, 0.1) is 40.2 Å². The molecule has 39 heavy (non-hydrogen) atoms. The van der Waals surface area contributed by atoms with Crippen molar-refractivity contribution >= 4 is 39.9 Å². The van der Waals surface area contributed by atoms with Crippen molar-refractivity contribution in [2.75, 3.05) is 20.1 Å². The van der Waals surface area contributed by atoms with Crippen LogP contribution in [0.4, 0.5) is 4.79 Å². The molecule has 1 aliphatic heterocycles. The molecule has 1 unspecified atom stereocenters. The number of nitrogens with zero attached hydrogens (tertiary/aromatic N) is 6. The maximum atomic E-state index is 13.5. The first-order valence-corrected chi connectivity index (χ1v) is 12.8. The topological polar surface area (TPSA) is 131 Å². The molecule has 0 saturated carbocycles. The van der Waals surface area contributed by atoms with Crippen molar-refractivity contribution in [1.82, 2.24) is 34.3 Å². The highest BCUT2D eigenvalue weighted by atomic mass is 16.6. The minimum atomic E-state index is -0.592. The number of allylic oxidation sites excluding steroid dienone is 1. The Hall–Kier alpha value is -4.54. The van der Waals surface area contributed by atoms with E-state index in [2.05, 4.69) is 15.3 Å². The Morgan fingerprint density at radius 2 is 1.97 bits per heavy atom. The number of fused-ring (bicyclic) bond motifs is 3. The van der Waals surface area contributed by atoms with Crippen LogP contribution in [0, 0.1) is 5.41 Å². The average molecular weight is 529 g/mol. The maximum absolute atomic E-state index is 13.5. The van der Waals surface area contributed by atoms with Gasteiger partial charge in [-0.25, -0.2) is 14.6 Å². The summed E-state index contributed by atoms with van der Waals surface area (Å²) in [6.45, 7) is 6.39. The van der Waals surface area contributed by atoms with Crippen molar-refractivity contribution in [3.63, 3.8) is 0 Å². The summed E-state index contributed by atoms with van der Waals surface area (Å²) in [6, 6.07) is 7.30. The first-order valence-electron chi connectivity index (χ1n) is 12.8. The second-order valence-electron chi connectivity index (χ2n) is 10.6. The highest BCUT2D eigenvalue weighted by Crippen LogP contribution is 2.30. The summed E-state index contributed by atoms with van der Waals surface area (Å²) in [5, 5.41) is 10.5. The van der Waals surface area contributed by atoms with Crippen LogP contribution in [0.15, 0.2) is 47.7 Å². The molecule has 11 nitrogen and oxygen atoms in total. The van der Waals surface area contributed by atoms with Gasteiger partial charge in [-0.3, -0.25) is 19.1 Å². The van der Waals surface area contributed by atoms with Crippen molar-refractivity contribution in [3.8, 4) is 11.3 Å². The number of carbonyl (C=O) groups is 1. The number of rotatable bonds is 5. The third kappa shape index (κ3) is 4.87. The van der Waals surface area contributed by atoms with Gasteiger partial charge in [0.2, 0.25) is 0 Å². The highest BCUT2D eigenvalue weighted by molar-refractivity contribution is 6.07. The number of ether oxygens (including phenoxy) is 1. The van der Waals surface area contributed by atoms with Crippen molar-refractivity contribution in [2.45, 2.75) is 38.8 Å². The van der Waals surface area contributed by atoms with Crippen LogP contribution in [0.2, 0.25) is 0 Å². The van der Waals surface area contributed by atoms with Gasteiger partial charge >= 0.3 is 11.8 Å². The number of amides is 1. The third-order valence-electron chi connectivity index (χ3n) is 6.75. The number of imidazole rings is 1. The third-order valence-corrected chi connectivity index (χ3v) is 6.75. The average Bonchev–Trinajstić information content (AvgIpc) is 3.49. The second kappa shape index (κ2) is 9.97. The van der Waals surface area contributed by atoms with Crippen LogP contribution in [0.1, 0.15) is 38.9 Å². The van der Waals surface area contributed by atoms with E-state index in [0.717, 1.165) is 5.56 Å².